The second-order valence-electron chi connectivity index (χ2n) is 5.89. The van der Waals surface area contributed by atoms with Gasteiger partial charge in [0, 0.05) is 29.4 Å². The minimum absolute atomic E-state index is 0. The van der Waals surface area contributed by atoms with Gasteiger partial charge in [-0.05, 0) is 19.8 Å². The molecule has 0 heterocycles. The molecule has 1 amide bonds. The van der Waals surface area contributed by atoms with E-state index in [4.69, 9.17) is 15.2 Å². The van der Waals surface area contributed by atoms with Crippen LogP contribution in [0, 0.1) is 5.92 Å². The quantitative estimate of drug-likeness (QED) is 0.891. The summed E-state index contributed by atoms with van der Waals surface area (Å²) in [6.07, 6.45) is 3.85. The molecule has 0 spiro atoms. The fourth-order valence-electron chi connectivity index (χ4n) is 2.90. The average molecular weight is 329 g/mol. The molecule has 5 nitrogen and oxygen atoms in total. The summed E-state index contributed by atoms with van der Waals surface area (Å²) in [5.74, 6) is 1.09. The molecular formula is C16H25ClN2O3. The van der Waals surface area contributed by atoms with E-state index in [1.165, 1.54) is 0 Å². The van der Waals surface area contributed by atoms with Crippen LogP contribution in [0.3, 0.4) is 0 Å². The lowest BCUT2D eigenvalue weighted by Gasteiger charge is -2.37. The fraction of sp³-hybridized carbons (Fsp3) is 0.562. The van der Waals surface area contributed by atoms with Crippen molar-refractivity contribution in [3.63, 3.8) is 0 Å². The number of carbonyl (C=O) groups is 1. The summed E-state index contributed by atoms with van der Waals surface area (Å²) in [5, 5.41) is 2.94. The van der Waals surface area contributed by atoms with Gasteiger partial charge in [-0.3, -0.25) is 4.79 Å². The Labute approximate surface area is 138 Å². The molecule has 3 N–H and O–H groups in total. The molecule has 124 valence electrons. The molecule has 6 heteroatoms. The van der Waals surface area contributed by atoms with E-state index in [1.54, 1.807) is 32.4 Å². The van der Waals surface area contributed by atoms with Gasteiger partial charge in [-0.25, -0.2) is 0 Å². The van der Waals surface area contributed by atoms with Gasteiger partial charge in [-0.1, -0.05) is 12.8 Å². The Kier molecular flexibility index (Phi) is 6.50. The summed E-state index contributed by atoms with van der Waals surface area (Å²) in [7, 11) is 3.16. The fourth-order valence-corrected chi connectivity index (χ4v) is 2.90. The lowest BCUT2D eigenvalue weighted by atomic mass is 9.74. The number of halogens is 1. The molecule has 1 aromatic carbocycles. The maximum Gasteiger partial charge on any atom is 0.229 e. The Morgan fingerprint density at radius 1 is 1.23 bits per heavy atom. The van der Waals surface area contributed by atoms with Crippen LogP contribution in [0.15, 0.2) is 18.2 Å². The normalized spacial score (nSPS) is 24.1. The maximum absolute atomic E-state index is 12.5. The van der Waals surface area contributed by atoms with Crippen LogP contribution < -0.4 is 20.5 Å². The van der Waals surface area contributed by atoms with E-state index < -0.39 is 5.54 Å². The molecule has 1 aliphatic rings. The third-order valence-corrected chi connectivity index (χ3v) is 4.19. The van der Waals surface area contributed by atoms with Gasteiger partial charge in [-0.15, -0.1) is 12.4 Å². The van der Waals surface area contributed by atoms with Crippen LogP contribution in [0.2, 0.25) is 0 Å². The number of rotatable bonds is 4. The van der Waals surface area contributed by atoms with Crippen molar-refractivity contribution in [2.45, 2.75) is 38.1 Å². The van der Waals surface area contributed by atoms with Gasteiger partial charge in [0.05, 0.1) is 20.1 Å². The summed E-state index contributed by atoms with van der Waals surface area (Å²) >= 11 is 0. The van der Waals surface area contributed by atoms with Crippen molar-refractivity contribution in [1.82, 2.24) is 0 Å². The number of nitrogens with two attached hydrogens (primary N) is 1. The third kappa shape index (κ3) is 4.27. The van der Waals surface area contributed by atoms with Gasteiger partial charge < -0.3 is 20.5 Å². The van der Waals surface area contributed by atoms with E-state index in [9.17, 15) is 4.79 Å². The van der Waals surface area contributed by atoms with Gasteiger partial charge in [-0.2, -0.15) is 0 Å². The number of hydrogen-bond donors (Lipinski definition) is 2. The molecule has 0 bridgehead atoms. The summed E-state index contributed by atoms with van der Waals surface area (Å²) in [4.78, 5) is 12.5. The molecule has 2 atom stereocenters. The molecule has 0 aliphatic heterocycles. The number of methoxy groups -OCH3 is 2. The number of amides is 1. The molecule has 1 aliphatic carbocycles. The van der Waals surface area contributed by atoms with Crippen molar-refractivity contribution in [2.24, 2.45) is 11.7 Å². The van der Waals surface area contributed by atoms with Gasteiger partial charge in [0.1, 0.15) is 11.5 Å². The highest BCUT2D eigenvalue weighted by atomic mass is 35.5. The summed E-state index contributed by atoms with van der Waals surface area (Å²) in [6.45, 7) is 1.96. The Hall–Kier alpha value is -1.46. The molecule has 1 fully saturated rings. The predicted octanol–water partition coefficient (Wildman–Crippen LogP) is 2.97. The minimum atomic E-state index is -0.439. The Bertz CT molecular complexity index is 498. The van der Waals surface area contributed by atoms with Crippen LogP contribution >= 0.6 is 12.4 Å². The maximum atomic E-state index is 12.5. The molecule has 1 saturated carbocycles. The van der Waals surface area contributed by atoms with Crippen molar-refractivity contribution in [3.8, 4) is 11.5 Å². The van der Waals surface area contributed by atoms with Crippen molar-refractivity contribution < 1.29 is 14.3 Å². The van der Waals surface area contributed by atoms with Crippen LogP contribution in [0.1, 0.15) is 32.6 Å². The second kappa shape index (κ2) is 7.70. The number of nitrogens with one attached hydrogen (secondary N) is 1. The predicted molar refractivity (Wildman–Crippen MR) is 90.0 cm³/mol. The van der Waals surface area contributed by atoms with E-state index in [0.29, 0.717) is 17.2 Å². The zero-order valence-electron chi connectivity index (χ0n) is 13.3. The van der Waals surface area contributed by atoms with E-state index in [-0.39, 0.29) is 24.2 Å². The topological polar surface area (TPSA) is 73.6 Å². The Balaban J connectivity index is 0.00000242. The third-order valence-electron chi connectivity index (χ3n) is 4.19. The number of anilines is 1. The Morgan fingerprint density at radius 2 is 1.82 bits per heavy atom. The largest absolute Gasteiger partial charge is 0.497 e. The first-order valence-electron chi connectivity index (χ1n) is 7.29. The zero-order chi connectivity index (χ0) is 15.5. The van der Waals surface area contributed by atoms with Crippen LogP contribution in [0.4, 0.5) is 5.69 Å². The number of ether oxygens (including phenoxy) is 2. The Morgan fingerprint density at radius 3 is 2.32 bits per heavy atom. The van der Waals surface area contributed by atoms with Crippen molar-refractivity contribution >= 4 is 24.0 Å². The number of hydrogen-bond acceptors (Lipinski definition) is 4. The molecule has 0 aromatic heterocycles. The molecule has 2 unspecified atom stereocenters. The monoisotopic (exact) mass is 328 g/mol. The summed E-state index contributed by atoms with van der Waals surface area (Å²) < 4.78 is 10.4. The van der Waals surface area contributed by atoms with Crippen LogP contribution in [0.5, 0.6) is 11.5 Å². The van der Waals surface area contributed by atoms with Gasteiger partial charge in [0.25, 0.3) is 0 Å². The highest BCUT2D eigenvalue weighted by Gasteiger charge is 2.37. The average Bonchev–Trinajstić information content (AvgIpc) is 2.46. The standard InChI is InChI=1S/C16H24N2O3.ClH/c1-16(17)7-5-4-6-14(16)15(19)18-11-8-12(20-2)10-13(9-11)21-3;/h8-10,14H,4-7,17H2,1-3H3,(H,18,19);1H. The molecule has 0 saturated heterocycles. The first kappa shape index (κ1) is 18.6. The van der Waals surface area contributed by atoms with E-state index in [0.717, 1.165) is 25.7 Å². The van der Waals surface area contributed by atoms with Crippen molar-refractivity contribution in [2.75, 3.05) is 19.5 Å². The van der Waals surface area contributed by atoms with Crippen LogP contribution in [0.25, 0.3) is 0 Å². The van der Waals surface area contributed by atoms with Gasteiger partial charge in [0.2, 0.25) is 5.91 Å². The minimum Gasteiger partial charge on any atom is -0.497 e. The summed E-state index contributed by atoms with van der Waals surface area (Å²) in [6, 6.07) is 5.32. The lowest BCUT2D eigenvalue weighted by Crippen LogP contribution is -2.51. The molecular weight excluding hydrogens is 304 g/mol. The smallest absolute Gasteiger partial charge is 0.229 e. The first-order valence-corrected chi connectivity index (χ1v) is 7.29. The highest BCUT2D eigenvalue weighted by molar-refractivity contribution is 5.94. The molecule has 22 heavy (non-hydrogen) atoms. The number of carbonyl (C=O) groups excluding carboxylic acids is 1. The van der Waals surface area contributed by atoms with E-state index in [2.05, 4.69) is 5.32 Å². The van der Waals surface area contributed by atoms with Crippen LogP contribution in [-0.4, -0.2) is 25.7 Å². The lowest BCUT2D eigenvalue weighted by molar-refractivity contribution is -0.122. The zero-order valence-corrected chi connectivity index (χ0v) is 14.2. The van der Waals surface area contributed by atoms with Gasteiger partial charge in [0.15, 0.2) is 0 Å². The van der Waals surface area contributed by atoms with E-state index in [1.807, 2.05) is 6.92 Å². The second-order valence-corrected chi connectivity index (χ2v) is 5.89. The highest BCUT2D eigenvalue weighted by Crippen LogP contribution is 2.33. The first-order chi connectivity index (χ1) is 9.96. The van der Waals surface area contributed by atoms with Crippen molar-refractivity contribution in [1.29, 1.82) is 0 Å². The SMILES string of the molecule is COc1cc(NC(=O)C2CCCCC2(C)N)cc(OC)c1.Cl. The molecule has 1 aromatic rings. The molecule has 2 rings (SSSR count). The summed E-state index contributed by atoms with van der Waals surface area (Å²) in [5.41, 5.74) is 6.50. The molecule has 0 radical (unpaired) electrons. The number of benzene rings is 1. The van der Waals surface area contributed by atoms with E-state index >= 15 is 0 Å². The van der Waals surface area contributed by atoms with Crippen LogP contribution in [-0.2, 0) is 4.79 Å². The van der Waals surface area contributed by atoms with Gasteiger partial charge >= 0.3 is 0 Å². The van der Waals surface area contributed by atoms with Crippen molar-refractivity contribution in [3.05, 3.63) is 18.2 Å².